The van der Waals surface area contributed by atoms with E-state index in [-0.39, 0.29) is 11.9 Å². The first-order valence-corrected chi connectivity index (χ1v) is 10.7. The number of hydrogen-bond acceptors (Lipinski definition) is 4. The van der Waals surface area contributed by atoms with Crippen LogP contribution >= 0.6 is 0 Å². The van der Waals surface area contributed by atoms with Crippen molar-refractivity contribution in [2.24, 2.45) is 13.0 Å². The van der Waals surface area contributed by atoms with E-state index in [2.05, 4.69) is 22.1 Å². The summed E-state index contributed by atoms with van der Waals surface area (Å²) in [6.07, 6.45) is 5.26. The second-order valence-corrected chi connectivity index (χ2v) is 8.64. The summed E-state index contributed by atoms with van der Waals surface area (Å²) in [5, 5.41) is 4.63. The van der Waals surface area contributed by atoms with Gasteiger partial charge in [-0.05, 0) is 67.3 Å². The van der Waals surface area contributed by atoms with Crippen molar-refractivity contribution in [3.63, 3.8) is 0 Å². The second-order valence-electron chi connectivity index (χ2n) is 8.64. The lowest BCUT2D eigenvalue weighted by molar-refractivity contribution is 0.0175. The summed E-state index contributed by atoms with van der Waals surface area (Å²) in [6, 6.07) is 8.44. The largest absolute Gasteiger partial charge is 0.497 e. The molecule has 5 rings (SSSR count). The first kappa shape index (κ1) is 18.7. The molecule has 2 aliphatic heterocycles. The fourth-order valence-corrected chi connectivity index (χ4v) is 4.87. The van der Waals surface area contributed by atoms with Crippen LogP contribution < -0.4 is 4.74 Å². The lowest BCUT2D eigenvalue weighted by Crippen LogP contribution is -2.49. The third-order valence-electron chi connectivity index (χ3n) is 6.77. The summed E-state index contributed by atoms with van der Waals surface area (Å²) in [6.45, 7) is 2.21. The summed E-state index contributed by atoms with van der Waals surface area (Å²) >= 11 is 0. The van der Waals surface area contributed by atoms with Crippen molar-refractivity contribution >= 4 is 5.91 Å². The highest BCUT2D eigenvalue weighted by molar-refractivity contribution is 5.93. The zero-order valence-electron chi connectivity index (χ0n) is 17.3. The normalized spacial score (nSPS) is 22.4. The van der Waals surface area contributed by atoms with Crippen LogP contribution in [0.3, 0.4) is 0 Å². The van der Waals surface area contributed by atoms with Gasteiger partial charge in [-0.3, -0.25) is 9.48 Å². The minimum atomic E-state index is 0.102. The van der Waals surface area contributed by atoms with Crippen LogP contribution in [-0.4, -0.2) is 47.0 Å². The molecule has 2 aromatic rings. The van der Waals surface area contributed by atoms with Gasteiger partial charge in [0.1, 0.15) is 11.4 Å². The Kier molecular flexibility index (Phi) is 4.82. The first-order chi connectivity index (χ1) is 14.1. The molecule has 6 nitrogen and oxygen atoms in total. The maximum atomic E-state index is 13.7. The fraction of sp³-hybridized carbons (Fsp3) is 0.565. The van der Waals surface area contributed by atoms with Gasteiger partial charge < -0.3 is 14.4 Å². The summed E-state index contributed by atoms with van der Waals surface area (Å²) in [4.78, 5) is 15.8. The van der Waals surface area contributed by atoms with Crippen molar-refractivity contribution < 1.29 is 14.3 Å². The van der Waals surface area contributed by atoms with Crippen LogP contribution in [0.15, 0.2) is 24.3 Å². The Bertz CT molecular complexity index is 912. The fourth-order valence-electron chi connectivity index (χ4n) is 4.87. The number of fused-ring (bicyclic) bond motifs is 1. The molecule has 1 aromatic heterocycles. The average molecular weight is 396 g/mol. The van der Waals surface area contributed by atoms with E-state index >= 15 is 0 Å². The van der Waals surface area contributed by atoms with Crippen molar-refractivity contribution in [2.75, 3.05) is 20.3 Å². The molecule has 1 amide bonds. The summed E-state index contributed by atoms with van der Waals surface area (Å²) in [5.74, 6) is 1.99. The molecule has 1 saturated heterocycles. The van der Waals surface area contributed by atoms with Crippen LogP contribution in [0.25, 0.3) is 0 Å². The molecule has 1 saturated carbocycles. The molecule has 0 bridgehead atoms. The number of methoxy groups -OCH3 is 1. The third kappa shape index (κ3) is 3.54. The Morgan fingerprint density at radius 3 is 2.66 bits per heavy atom. The van der Waals surface area contributed by atoms with Crippen LogP contribution in [0.5, 0.6) is 5.75 Å². The van der Waals surface area contributed by atoms with Gasteiger partial charge in [-0.25, -0.2) is 0 Å². The second kappa shape index (κ2) is 7.48. The highest BCUT2D eigenvalue weighted by Crippen LogP contribution is 2.40. The van der Waals surface area contributed by atoms with Gasteiger partial charge in [0.15, 0.2) is 0 Å². The van der Waals surface area contributed by atoms with Gasteiger partial charge in [0.25, 0.3) is 5.91 Å². The Labute approximate surface area is 171 Å². The van der Waals surface area contributed by atoms with Gasteiger partial charge in [0.05, 0.1) is 12.8 Å². The maximum Gasteiger partial charge on any atom is 0.272 e. The Morgan fingerprint density at radius 2 is 1.93 bits per heavy atom. The standard InChI is InChI=1S/C23H29N3O3/c1-25-22(13-20(24-25)15-3-4-15)23(27)26-14-17-5-6-19(28-2)11-18(17)12-21(26)16-7-9-29-10-8-16/h5-6,11,13,15-16,21H,3-4,7-10,12,14H2,1-2H3/t21-/m1/s1. The van der Waals surface area contributed by atoms with Gasteiger partial charge >= 0.3 is 0 Å². The van der Waals surface area contributed by atoms with Gasteiger partial charge in [-0.1, -0.05) is 6.07 Å². The van der Waals surface area contributed by atoms with E-state index < -0.39 is 0 Å². The van der Waals surface area contributed by atoms with Crippen molar-refractivity contribution in [3.05, 3.63) is 46.8 Å². The Morgan fingerprint density at radius 1 is 1.14 bits per heavy atom. The monoisotopic (exact) mass is 395 g/mol. The Balaban J connectivity index is 1.48. The number of amides is 1. The molecular formula is C23H29N3O3. The van der Waals surface area contributed by atoms with Gasteiger partial charge in [0.2, 0.25) is 0 Å². The molecule has 2 fully saturated rings. The number of benzene rings is 1. The number of hydrogen-bond donors (Lipinski definition) is 0. The number of ether oxygens (including phenoxy) is 2. The molecule has 1 aromatic carbocycles. The smallest absolute Gasteiger partial charge is 0.272 e. The van der Waals surface area contributed by atoms with Crippen molar-refractivity contribution in [1.82, 2.24) is 14.7 Å². The summed E-state index contributed by atoms with van der Waals surface area (Å²) < 4.78 is 12.8. The van der Waals surface area contributed by atoms with Crippen molar-refractivity contribution in [1.29, 1.82) is 0 Å². The zero-order chi connectivity index (χ0) is 20.0. The quantitative estimate of drug-likeness (QED) is 0.797. The number of aryl methyl sites for hydroxylation is 1. The van der Waals surface area contributed by atoms with Gasteiger partial charge in [-0.15, -0.1) is 0 Å². The average Bonchev–Trinajstić information content (AvgIpc) is 3.54. The highest BCUT2D eigenvalue weighted by Gasteiger charge is 2.38. The molecule has 0 spiro atoms. The van der Waals surface area contributed by atoms with E-state index in [0.29, 0.717) is 24.1 Å². The predicted octanol–water partition coefficient (Wildman–Crippen LogP) is 3.30. The number of rotatable bonds is 4. The molecule has 0 unspecified atom stereocenters. The molecule has 6 heteroatoms. The van der Waals surface area contributed by atoms with Crippen LogP contribution in [-0.2, 0) is 24.8 Å². The molecule has 3 heterocycles. The molecule has 29 heavy (non-hydrogen) atoms. The van der Waals surface area contributed by atoms with Crippen molar-refractivity contribution in [3.8, 4) is 5.75 Å². The molecule has 154 valence electrons. The van der Waals surface area contributed by atoms with Gasteiger partial charge in [-0.2, -0.15) is 5.10 Å². The first-order valence-electron chi connectivity index (χ1n) is 10.7. The minimum absolute atomic E-state index is 0.102. The molecule has 1 aliphatic carbocycles. The highest BCUT2D eigenvalue weighted by atomic mass is 16.5. The lowest BCUT2D eigenvalue weighted by atomic mass is 9.82. The zero-order valence-corrected chi connectivity index (χ0v) is 17.3. The maximum absolute atomic E-state index is 13.7. The molecule has 1 atom stereocenters. The van der Waals surface area contributed by atoms with E-state index in [0.717, 1.165) is 43.9 Å². The van der Waals surface area contributed by atoms with Crippen LogP contribution in [0, 0.1) is 5.92 Å². The topological polar surface area (TPSA) is 56.6 Å². The van der Waals surface area contributed by atoms with E-state index in [1.54, 1.807) is 11.8 Å². The molecule has 3 aliphatic rings. The van der Waals surface area contributed by atoms with Crippen molar-refractivity contribution in [2.45, 2.75) is 50.6 Å². The van der Waals surface area contributed by atoms with E-state index in [4.69, 9.17) is 9.47 Å². The number of aromatic nitrogens is 2. The molecule has 0 N–H and O–H groups in total. The minimum Gasteiger partial charge on any atom is -0.497 e. The third-order valence-corrected chi connectivity index (χ3v) is 6.77. The van der Waals surface area contributed by atoms with E-state index in [1.165, 1.54) is 24.0 Å². The van der Waals surface area contributed by atoms with Crippen LogP contribution in [0.4, 0.5) is 0 Å². The molecule has 0 radical (unpaired) electrons. The lowest BCUT2D eigenvalue weighted by Gasteiger charge is -2.42. The summed E-state index contributed by atoms with van der Waals surface area (Å²) in [5.41, 5.74) is 4.29. The van der Waals surface area contributed by atoms with Gasteiger partial charge in [0, 0.05) is 38.8 Å². The SMILES string of the molecule is COc1ccc2c(c1)C[C@H](C1CCOCC1)N(C(=O)c1cc(C3CC3)nn1C)C2. The molecular weight excluding hydrogens is 366 g/mol. The van der Waals surface area contributed by atoms with Crippen LogP contribution in [0.2, 0.25) is 0 Å². The van der Waals surface area contributed by atoms with E-state index in [9.17, 15) is 4.79 Å². The van der Waals surface area contributed by atoms with E-state index in [1.807, 2.05) is 19.2 Å². The Hall–Kier alpha value is -2.34. The number of nitrogens with zero attached hydrogens (tertiary/aromatic N) is 3. The summed E-state index contributed by atoms with van der Waals surface area (Å²) in [7, 11) is 3.60. The predicted molar refractivity (Wildman–Crippen MR) is 109 cm³/mol. The number of carbonyl (C=O) groups excluding carboxylic acids is 1. The van der Waals surface area contributed by atoms with Crippen LogP contribution in [0.1, 0.15) is 58.9 Å². The number of carbonyl (C=O) groups is 1.